The largest absolute Gasteiger partial charge is 0.494 e. The Morgan fingerprint density at radius 1 is 0.600 bits per heavy atom. The molecule has 136 valence electrons. The van der Waals surface area contributed by atoms with Gasteiger partial charge in [0.1, 0.15) is 11.5 Å². The molecular weight excluding hydrogens is 312 g/mol. The van der Waals surface area contributed by atoms with Crippen LogP contribution in [0.2, 0.25) is 0 Å². The first kappa shape index (κ1) is 19.3. The Morgan fingerprint density at radius 3 is 1.36 bits per heavy atom. The zero-order valence-corrected chi connectivity index (χ0v) is 15.5. The van der Waals surface area contributed by atoms with Gasteiger partial charge in [-0.25, -0.2) is 0 Å². The molecule has 2 aromatic rings. The highest BCUT2D eigenvalue weighted by Gasteiger charge is 1.99. The molecule has 2 aromatic carbocycles. The minimum atomic E-state index is 0.601. The van der Waals surface area contributed by atoms with Gasteiger partial charge in [-0.2, -0.15) is 0 Å². The lowest BCUT2D eigenvalue weighted by Gasteiger charge is -2.09. The Labute approximate surface area is 151 Å². The molecule has 0 radical (unpaired) electrons. The van der Waals surface area contributed by atoms with E-state index < -0.39 is 0 Å². The monoisotopic (exact) mass is 342 g/mol. The molecule has 0 aromatic heterocycles. The summed E-state index contributed by atoms with van der Waals surface area (Å²) in [5.74, 6) is 1.85. The van der Waals surface area contributed by atoms with Crippen molar-refractivity contribution in [1.29, 1.82) is 0 Å². The molecule has 0 spiro atoms. The molecule has 0 saturated carbocycles. The summed E-state index contributed by atoms with van der Waals surface area (Å²) < 4.78 is 17.1. The highest BCUT2D eigenvalue weighted by molar-refractivity contribution is 5.28. The molecule has 0 bridgehead atoms. The van der Waals surface area contributed by atoms with Crippen LogP contribution in [0.1, 0.15) is 50.7 Å². The summed E-state index contributed by atoms with van der Waals surface area (Å²) in [4.78, 5) is 0. The van der Waals surface area contributed by atoms with Gasteiger partial charge in [-0.1, -0.05) is 51.0 Å². The predicted molar refractivity (Wildman–Crippen MR) is 102 cm³/mol. The summed E-state index contributed by atoms with van der Waals surface area (Å²) in [7, 11) is 0. The predicted octanol–water partition coefficient (Wildman–Crippen LogP) is 5.76. The summed E-state index contributed by atoms with van der Waals surface area (Å²) in [5, 5.41) is 0. The number of ether oxygens (including phenoxy) is 3. The van der Waals surface area contributed by atoms with E-state index in [0.717, 1.165) is 61.5 Å². The molecule has 25 heavy (non-hydrogen) atoms. The van der Waals surface area contributed by atoms with E-state index in [9.17, 15) is 0 Å². The molecule has 0 fully saturated rings. The molecule has 0 atom stereocenters. The van der Waals surface area contributed by atoms with Gasteiger partial charge in [0.2, 0.25) is 0 Å². The van der Waals surface area contributed by atoms with Crippen LogP contribution in [0, 0.1) is 0 Å². The van der Waals surface area contributed by atoms with E-state index in [4.69, 9.17) is 14.2 Å². The molecule has 0 unspecified atom stereocenters. The Hall–Kier alpha value is -2.00. The van der Waals surface area contributed by atoms with Crippen LogP contribution < -0.4 is 9.47 Å². The van der Waals surface area contributed by atoms with Crippen molar-refractivity contribution in [2.75, 3.05) is 13.2 Å². The van der Waals surface area contributed by atoms with E-state index in [1.165, 1.54) is 0 Å². The average molecular weight is 342 g/mol. The first-order valence-corrected chi connectivity index (χ1v) is 9.33. The van der Waals surface area contributed by atoms with Crippen LogP contribution in [0.4, 0.5) is 0 Å². The number of hydrogen-bond acceptors (Lipinski definition) is 3. The third kappa shape index (κ3) is 7.61. The van der Waals surface area contributed by atoms with Crippen LogP contribution in [0.5, 0.6) is 11.5 Å². The van der Waals surface area contributed by atoms with Gasteiger partial charge < -0.3 is 14.2 Å². The Morgan fingerprint density at radius 2 is 1.00 bits per heavy atom. The molecule has 0 saturated heterocycles. The fraction of sp³-hybridized carbons (Fsp3) is 0.455. The van der Waals surface area contributed by atoms with Crippen LogP contribution >= 0.6 is 0 Å². The SMILES string of the molecule is CCCCOc1ccc(COCc2ccc(OCCCC)cc2)cc1. The Bertz CT molecular complexity index is 522. The van der Waals surface area contributed by atoms with Crippen molar-refractivity contribution in [2.45, 2.75) is 52.7 Å². The number of rotatable bonds is 12. The topological polar surface area (TPSA) is 27.7 Å². The minimum absolute atomic E-state index is 0.601. The van der Waals surface area contributed by atoms with Crippen LogP contribution in [-0.4, -0.2) is 13.2 Å². The fourth-order valence-corrected chi connectivity index (χ4v) is 2.32. The van der Waals surface area contributed by atoms with Crippen molar-refractivity contribution in [3.63, 3.8) is 0 Å². The second-order valence-corrected chi connectivity index (χ2v) is 6.18. The van der Waals surface area contributed by atoms with Gasteiger partial charge in [0.05, 0.1) is 26.4 Å². The van der Waals surface area contributed by atoms with Crippen molar-refractivity contribution in [1.82, 2.24) is 0 Å². The summed E-state index contributed by atoms with van der Waals surface area (Å²) in [6.45, 7) is 7.09. The Balaban J connectivity index is 1.69. The third-order valence-electron chi connectivity index (χ3n) is 3.92. The lowest BCUT2D eigenvalue weighted by Crippen LogP contribution is -1.98. The van der Waals surface area contributed by atoms with Crippen LogP contribution in [0.3, 0.4) is 0 Å². The zero-order chi connectivity index (χ0) is 17.7. The van der Waals surface area contributed by atoms with Gasteiger partial charge in [0.15, 0.2) is 0 Å². The molecule has 0 N–H and O–H groups in total. The van der Waals surface area contributed by atoms with Gasteiger partial charge in [0, 0.05) is 0 Å². The molecule has 3 heteroatoms. The number of unbranched alkanes of at least 4 members (excludes halogenated alkanes) is 2. The summed E-state index contributed by atoms with van der Waals surface area (Å²) in [6.07, 6.45) is 4.48. The highest BCUT2D eigenvalue weighted by Crippen LogP contribution is 2.16. The maximum atomic E-state index is 5.80. The first-order valence-electron chi connectivity index (χ1n) is 9.33. The van der Waals surface area contributed by atoms with Gasteiger partial charge >= 0.3 is 0 Å². The van der Waals surface area contributed by atoms with Crippen molar-refractivity contribution in [3.8, 4) is 11.5 Å². The average Bonchev–Trinajstić information content (AvgIpc) is 2.65. The molecule has 0 heterocycles. The van der Waals surface area contributed by atoms with E-state index >= 15 is 0 Å². The summed E-state index contributed by atoms with van der Waals surface area (Å²) in [6, 6.07) is 16.3. The van der Waals surface area contributed by atoms with E-state index in [2.05, 4.69) is 38.1 Å². The zero-order valence-electron chi connectivity index (χ0n) is 15.5. The number of benzene rings is 2. The van der Waals surface area contributed by atoms with Gasteiger partial charge in [-0.05, 0) is 48.2 Å². The first-order chi connectivity index (χ1) is 12.3. The maximum absolute atomic E-state index is 5.80. The van der Waals surface area contributed by atoms with E-state index in [1.807, 2.05) is 24.3 Å². The summed E-state index contributed by atoms with van der Waals surface area (Å²) >= 11 is 0. The smallest absolute Gasteiger partial charge is 0.119 e. The van der Waals surface area contributed by atoms with Crippen LogP contribution in [-0.2, 0) is 18.0 Å². The van der Waals surface area contributed by atoms with Gasteiger partial charge in [-0.3, -0.25) is 0 Å². The van der Waals surface area contributed by atoms with Crippen molar-refractivity contribution >= 4 is 0 Å². The van der Waals surface area contributed by atoms with Gasteiger partial charge in [0.25, 0.3) is 0 Å². The fourth-order valence-electron chi connectivity index (χ4n) is 2.32. The van der Waals surface area contributed by atoms with Crippen molar-refractivity contribution in [2.24, 2.45) is 0 Å². The molecule has 2 rings (SSSR count). The highest BCUT2D eigenvalue weighted by atomic mass is 16.5. The quantitative estimate of drug-likeness (QED) is 0.459. The molecular formula is C22H30O3. The van der Waals surface area contributed by atoms with Gasteiger partial charge in [-0.15, -0.1) is 0 Å². The van der Waals surface area contributed by atoms with E-state index in [1.54, 1.807) is 0 Å². The second-order valence-electron chi connectivity index (χ2n) is 6.18. The Kier molecular flexibility index (Phi) is 8.92. The minimum Gasteiger partial charge on any atom is -0.494 e. The van der Waals surface area contributed by atoms with Crippen molar-refractivity contribution < 1.29 is 14.2 Å². The lowest BCUT2D eigenvalue weighted by molar-refractivity contribution is 0.107. The molecule has 0 aliphatic rings. The molecule has 0 aliphatic carbocycles. The molecule has 0 amide bonds. The van der Waals surface area contributed by atoms with Crippen LogP contribution in [0.25, 0.3) is 0 Å². The maximum Gasteiger partial charge on any atom is 0.119 e. The van der Waals surface area contributed by atoms with Crippen molar-refractivity contribution in [3.05, 3.63) is 59.7 Å². The number of hydrogen-bond donors (Lipinski definition) is 0. The summed E-state index contributed by atoms with van der Waals surface area (Å²) in [5.41, 5.74) is 2.31. The third-order valence-corrected chi connectivity index (χ3v) is 3.92. The molecule has 3 nitrogen and oxygen atoms in total. The standard InChI is InChI=1S/C22H30O3/c1-3-5-15-24-21-11-7-19(8-12-21)17-23-18-20-9-13-22(14-10-20)25-16-6-4-2/h7-14H,3-6,15-18H2,1-2H3. The normalized spacial score (nSPS) is 10.6. The molecule has 0 aliphatic heterocycles. The van der Waals surface area contributed by atoms with Crippen LogP contribution in [0.15, 0.2) is 48.5 Å². The van der Waals surface area contributed by atoms with E-state index in [-0.39, 0.29) is 0 Å². The lowest BCUT2D eigenvalue weighted by atomic mass is 10.2. The van der Waals surface area contributed by atoms with E-state index in [0.29, 0.717) is 13.2 Å². The second kappa shape index (κ2) is 11.5.